The van der Waals surface area contributed by atoms with Gasteiger partial charge >= 0.3 is 0 Å². The third-order valence-corrected chi connectivity index (χ3v) is 6.94. The van der Waals surface area contributed by atoms with Gasteiger partial charge in [0.05, 0.1) is 19.1 Å². The molecule has 3 aliphatic rings. The van der Waals surface area contributed by atoms with Crippen LogP contribution < -0.4 is 0 Å². The van der Waals surface area contributed by atoms with Crippen LogP contribution in [0.3, 0.4) is 0 Å². The Bertz CT molecular complexity index is 603. The highest BCUT2D eigenvalue weighted by molar-refractivity contribution is 7.99. The molecule has 5 heteroatoms. The smallest absolute Gasteiger partial charge is 0.231 e. The Hall–Kier alpha value is -1.04. The minimum Gasteiger partial charge on any atom is -0.379 e. The summed E-state index contributed by atoms with van der Waals surface area (Å²) in [6.07, 6.45) is 1.14. The maximum atomic E-state index is 13.2. The molecular formula is C19H26N2O2S. The Kier molecular flexibility index (Phi) is 4.83. The van der Waals surface area contributed by atoms with Crippen LogP contribution in [-0.2, 0) is 9.53 Å². The molecule has 2 fully saturated rings. The van der Waals surface area contributed by atoms with Crippen molar-refractivity contribution in [3.63, 3.8) is 0 Å². The summed E-state index contributed by atoms with van der Waals surface area (Å²) in [6.45, 7) is 7.73. The standard InChI is InChI=1S/C19H26N2O2S/c1-2-14-11-21(12-17(14)20-7-9-23-10-8-20)19(22)16-13-24-18-6-4-3-5-15(16)18/h3-6,14,16-17H,2,7-13H2,1H3/t14-,16+,17+/m1/s1. The van der Waals surface area contributed by atoms with Gasteiger partial charge in [-0.15, -0.1) is 11.8 Å². The number of benzene rings is 1. The molecule has 3 atom stereocenters. The van der Waals surface area contributed by atoms with Crippen LogP contribution in [-0.4, -0.2) is 66.9 Å². The molecule has 3 aliphatic heterocycles. The third-order valence-electron chi connectivity index (χ3n) is 5.76. The maximum Gasteiger partial charge on any atom is 0.231 e. The van der Waals surface area contributed by atoms with E-state index in [1.807, 2.05) is 11.8 Å². The molecule has 1 aromatic rings. The molecule has 4 rings (SSSR count). The molecule has 1 aromatic carbocycles. The first-order valence-corrected chi connectivity index (χ1v) is 10.1. The number of hydrogen-bond donors (Lipinski definition) is 0. The summed E-state index contributed by atoms with van der Waals surface area (Å²) in [5.74, 6) is 1.87. The zero-order chi connectivity index (χ0) is 16.5. The molecule has 0 bridgehead atoms. The fourth-order valence-electron chi connectivity index (χ4n) is 4.35. The first-order valence-electron chi connectivity index (χ1n) is 9.10. The Labute approximate surface area is 148 Å². The van der Waals surface area contributed by atoms with Crippen LogP contribution in [0.15, 0.2) is 29.2 Å². The molecule has 1 amide bonds. The van der Waals surface area contributed by atoms with Gasteiger partial charge in [0.25, 0.3) is 0 Å². The average Bonchev–Trinajstić information content (AvgIpc) is 3.26. The molecule has 24 heavy (non-hydrogen) atoms. The van der Waals surface area contributed by atoms with E-state index in [4.69, 9.17) is 4.74 Å². The number of ether oxygens (including phenoxy) is 1. The SMILES string of the molecule is CC[C@@H]1CN(C(=O)[C@H]2CSc3ccccc32)C[C@@H]1N1CCOCC1. The Balaban J connectivity index is 1.48. The first-order chi connectivity index (χ1) is 11.8. The lowest BCUT2D eigenvalue weighted by Crippen LogP contribution is -2.47. The number of nitrogens with zero attached hydrogens (tertiary/aromatic N) is 2. The molecule has 0 aliphatic carbocycles. The van der Waals surface area contributed by atoms with E-state index in [-0.39, 0.29) is 5.92 Å². The van der Waals surface area contributed by atoms with Crippen LogP contribution >= 0.6 is 11.8 Å². The van der Waals surface area contributed by atoms with Gasteiger partial charge < -0.3 is 9.64 Å². The van der Waals surface area contributed by atoms with E-state index in [9.17, 15) is 4.79 Å². The van der Waals surface area contributed by atoms with Gasteiger partial charge in [0.15, 0.2) is 0 Å². The summed E-state index contributed by atoms with van der Waals surface area (Å²) in [7, 11) is 0. The van der Waals surface area contributed by atoms with Gasteiger partial charge in [0, 0.05) is 42.9 Å². The summed E-state index contributed by atoms with van der Waals surface area (Å²) in [6, 6.07) is 8.90. The number of carbonyl (C=O) groups excluding carboxylic acids is 1. The lowest BCUT2D eigenvalue weighted by Gasteiger charge is -2.34. The Morgan fingerprint density at radius 3 is 2.83 bits per heavy atom. The summed E-state index contributed by atoms with van der Waals surface area (Å²) < 4.78 is 5.50. The summed E-state index contributed by atoms with van der Waals surface area (Å²) in [4.78, 5) is 19.1. The Morgan fingerprint density at radius 1 is 1.25 bits per heavy atom. The number of amides is 1. The van der Waals surface area contributed by atoms with Crippen LogP contribution in [0.2, 0.25) is 0 Å². The predicted molar refractivity (Wildman–Crippen MR) is 96.4 cm³/mol. The molecule has 0 spiro atoms. The average molecular weight is 346 g/mol. The van der Waals surface area contributed by atoms with Crippen LogP contribution in [0.4, 0.5) is 0 Å². The number of morpholine rings is 1. The fraction of sp³-hybridized carbons (Fsp3) is 0.632. The highest BCUT2D eigenvalue weighted by Crippen LogP contribution is 2.41. The number of fused-ring (bicyclic) bond motifs is 1. The van der Waals surface area contributed by atoms with Gasteiger partial charge in [0.1, 0.15) is 0 Å². The van der Waals surface area contributed by atoms with Gasteiger partial charge in [-0.05, 0) is 17.5 Å². The molecule has 4 nitrogen and oxygen atoms in total. The van der Waals surface area contributed by atoms with Crippen molar-refractivity contribution in [3.05, 3.63) is 29.8 Å². The highest BCUT2D eigenvalue weighted by Gasteiger charge is 2.41. The summed E-state index contributed by atoms with van der Waals surface area (Å²) in [5, 5.41) is 0. The molecule has 0 N–H and O–H groups in total. The Morgan fingerprint density at radius 2 is 2.04 bits per heavy atom. The molecular weight excluding hydrogens is 320 g/mol. The lowest BCUT2D eigenvalue weighted by atomic mass is 9.99. The topological polar surface area (TPSA) is 32.8 Å². The van der Waals surface area contributed by atoms with Gasteiger partial charge in [-0.25, -0.2) is 0 Å². The van der Waals surface area contributed by atoms with Crippen molar-refractivity contribution in [2.45, 2.75) is 30.2 Å². The zero-order valence-corrected chi connectivity index (χ0v) is 15.1. The molecule has 3 heterocycles. The van der Waals surface area contributed by atoms with Gasteiger partial charge in [-0.2, -0.15) is 0 Å². The van der Waals surface area contributed by atoms with Crippen molar-refractivity contribution in [2.24, 2.45) is 5.92 Å². The van der Waals surface area contributed by atoms with Crippen molar-refractivity contribution in [1.82, 2.24) is 9.80 Å². The molecule has 0 unspecified atom stereocenters. The predicted octanol–water partition coefficient (Wildman–Crippen LogP) is 2.45. The van der Waals surface area contributed by atoms with E-state index in [0.29, 0.717) is 17.9 Å². The number of hydrogen-bond acceptors (Lipinski definition) is 4. The van der Waals surface area contributed by atoms with Gasteiger partial charge in [0.2, 0.25) is 5.91 Å². The van der Waals surface area contributed by atoms with Crippen molar-refractivity contribution in [1.29, 1.82) is 0 Å². The largest absolute Gasteiger partial charge is 0.379 e. The number of rotatable bonds is 3. The number of thioether (sulfide) groups is 1. The summed E-state index contributed by atoms with van der Waals surface area (Å²) >= 11 is 1.82. The van der Waals surface area contributed by atoms with Crippen LogP contribution in [0.25, 0.3) is 0 Å². The normalized spacial score (nSPS) is 30.5. The second-order valence-electron chi connectivity index (χ2n) is 7.03. The molecule has 0 saturated carbocycles. The van der Waals surface area contributed by atoms with Crippen molar-refractivity contribution < 1.29 is 9.53 Å². The minimum atomic E-state index is 0.0483. The monoisotopic (exact) mass is 346 g/mol. The quantitative estimate of drug-likeness (QED) is 0.842. The lowest BCUT2D eigenvalue weighted by molar-refractivity contribution is -0.131. The van der Waals surface area contributed by atoms with Crippen LogP contribution in [0, 0.1) is 5.92 Å². The zero-order valence-electron chi connectivity index (χ0n) is 14.3. The fourth-order valence-corrected chi connectivity index (χ4v) is 5.57. The van der Waals surface area contributed by atoms with Crippen molar-refractivity contribution in [2.75, 3.05) is 45.1 Å². The summed E-state index contributed by atoms with van der Waals surface area (Å²) in [5.41, 5.74) is 1.23. The third kappa shape index (κ3) is 2.98. The number of likely N-dealkylation sites (tertiary alicyclic amines) is 1. The van der Waals surface area contributed by atoms with Crippen LogP contribution in [0.1, 0.15) is 24.8 Å². The molecule has 2 saturated heterocycles. The van der Waals surface area contributed by atoms with Crippen molar-refractivity contribution in [3.8, 4) is 0 Å². The van der Waals surface area contributed by atoms with E-state index in [1.165, 1.54) is 10.5 Å². The van der Waals surface area contributed by atoms with E-state index < -0.39 is 0 Å². The van der Waals surface area contributed by atoms with Gasteiger partial charge in [-0.1, -0.05) is 31.5 Å². The molecule has 130 valence electrons. The van der Waals surface area contributed by atoms with E-state index in [2.05, 4.69) is 41.0 Å². The first kappa shape index (κ1) is 16.4. The second kappa shape index (κ2) is 7.06. The van der Waals surface area contributed by atoms with Crippen molar-refractivity contribution >= 4 is 17.7 Å². The van der Waals surface area contributed by atoms with Crippen LogP contribution in [0.5, 0.6) is 0 Å². The highest BCUT2D eigenvalue weighted by atomic mass is 32.2. The van der Waals surface area contributed by atoms with E-state index in [0.717, 1.165) is 51.6 Å². The minimum absolute atomic E-state index is 0.0483. The van der Waals surface area contributed by atoms with E-state index >= 15 is 0 Å². The maximum absolute atomic E-state index is 13.2. The molecule has 0 aromatic heterocycles. The van der Waals surface area contributed by atoms with E-state index in [1.54, 1.807) is 0 Å². The second-order valence-corrected chi connectivity index (χ2v) is 8.09. The number of carbonyl (C=O) groups is 1. The van der Waals surface area contributed by atoms with Gasteiger partial charge in [-0.3, -0.25) is 9.69 Å². The molecule has 0 radical (unpaired) electrons.